The van der Waals surface area contributed by atoms with E-state index in [0.717, 1.165) is 23.3 Å². The quantitative estimate of drug-likeness (QED) is 0.166. The number of ether oxygens (including phenoxy) is 2. The molecule has 9 heteroatoms. The summed E-state index contributed by atoms with van der Waals surface area (Å²) in [6.07, 6.45) is 0.616. The fourth-order valence-electron chi connectivity index (χ4n) is 3.77. The van der Waals surface area contributed by atoms with E-state index < -0.39 is 11.5 Å². The first kappa shape index (κ1) is 30.9. The van der Waals surface area contributed by atoms with Gasteiger partial charge in [-0.3, -0.25) is 9.59 Å². The van der Waals surface area contributed by atoms with Gasteiger partial charge in [0, 0.05) is 16.8 Å². The van der Waals surface area contributed by atoms with Crippen molar-refractivity contribution >= 4 is 52.1 Å². The lowest BCUT2D eigenvalue weighted by atomic mass is 9.87. The van der Waals surface area contributed by atoms with Crippen molar-refractivity contribution in [1.82, 2.24) is 5.32 Å². The molecule has 0 aliphatic carbocycles. The number of halogens is 1. The number of nitrogens with one attached hydrogen (secondary N) is 3. The number of anilines is 2. The fourth-order valence-corrected chi connectivity index (χ4v) is 4.16. The minimum Gasteiger partial charge on any atom is -0.493 e. The van der Waals surface area contributed by atoms with Crippen LogP contribution in [0.5, 0.6) is 11.5 Å². The van der Waals surface area contributed by atoms with Crippen LogP contribution in [0.15, 0.2) is 66.7 Å². The molecule has 0 aromatic heterocycles. The summed E-state index contributed by atoms with van der Waals surface area (Å²) in [6, 6.07) is 20.1. The Morgan fingerprint density at radius 1 is 0.950 bits per heavy atom. The molecule has 0 saturated heterocycles. The zero-order valence-electron chi connectivity index (χ0n) is 23.5. The van der Waals surface area contributed by atoms with Crippen LogP contribution in [0.2, 0.25) is 5.02 Å². The van der Waals surface area contributed by atoms with E-state index >= 15 is 0 Å². The third kappa shape index (κ3) is 9.24. The van der Waals surface area contributed by atoms with Crippen molar-refractivity contribution in [1.29, 1.82) is 0 Å². The van der Waals surface area contributed by atoms with Gasteiger partial charge < -0.3 is 25.4 Å². The maximum Gasteiger partial charge on any atom is 0.265 e. The summed E-state index contributed by atoms with van der Waals surface area (Å²) in [4.78, 5) is 25.4. The molecular formula is C31H36ClN3O4S. The number of aryl methyl sites for hydroxylation is 2. The van der Waals surface area contributed by atoms with E-state index in [-0.39, 0.29) is 16.9 Å². The molecule has 0 heterocycles. The van der Waals surface area contributed by atoms with Crippen LogP contribution in [0.4, 0.5) is 11.4 Å². The second kappa shape index (κ2) is 14.1. The Bertz CT molecular complexity index is 1340. The Hall–Kier alpha value is -3.62. The molecule has 0 fully saturated rings. The molecule has 3 aromatic carbocycles. The number of carbonyl (C=O) groups excluding carboxylic acids is 2. The Labute approximate surface area is 246 Å². The lowest BCUT2D eigenvalue weighted by Crippen LogP contribution is -2.42. The predicted octanol–water partition coefficient (Wildman–Crippen LogP) is 7.06. The third-order valence-electron chi connectivity index (χ3n) is 6.31. The molecule has 3 rings (SSSR count). The molecule has 3 N–H and O–H groups in total. The van der Waals surface area contributed by atoms with Gasteiger partial charge in [0.05, 0.1) is 11.6 Å². The third-order valence-corrected chi connectivity index (χ3v) is 6.83. The maximum atomic E-state index is 12.9. The van der Waals surface area contributed by atoms with Crippen LogP contribution in [0.3, 0.4) is 0 Å². The van der Waals surface area contributed by atoms with Crippen LogP contribution in [-0.2, 0) is 9.59 Å². The maximum absolute atomic E-state index is 12.9. The van der Waals surface area contributed by atoms with Crippen molar-refractivity contribution < 1.29 is 19.1 Å². The van der Waals surface area contributed by atoms with Gasteiger partial charge in [0.1, 0.15) is 11.5 Å². The first-order chi connectivity index (χ1) is 18.9. The van der Waals surface area contributed by atoms with Crippen molar-refractivity contribution in [3.63, 3.8) is 0 Å². The van der Waals surface area contributed by atoms with Gasteiger partial charge in [0.15, 0.2) is 11.2 Å². The number of thiocarbonyl (C=S) groups is 1. The Balaban J connectivity index is 1.43. The molecule has 0 saturated carbocycles. The molecule has 1 atom stereocenters. The standard InChI is InChI=1S/C31H36ClN3O4S/c1-20-11-12-21(2)27(19-20)38-18-8-17-31(4,5)29(37)35-30(40)34-24-15-13-23(14-16-24)33-28(36)22(3)39-26-10-7-6-9-25(26)32/h6-7,9-16,19,22H,8,17-18H2,1-5H3,(H,33,36)(H2,34,35,37,40). The van der Waals surface area contributed by atoms with E-state index in [4.69, 9.17) is 33.3 Å². The molecule has 0 aliphatic rings. The van der Waals surface area contributed by atoms with Crippen molar-refractivity contribution in [2.45, 2.75) is 53.6 Å². The highest BCUT2D eigenvalue weighted by Crippen LogP contribution is 2.26. The van der Waals surface area contributed by atoms with Crippen LogP contribution in [0.1, 0.15) is 44.7 Å². The Morgan fingerprint density at radius 2 is 1.60 bits per heavy atom. The number of hydrogen-bond acceptors (Lipinski definition) is 5. The number of para-hydroxylation sites is 1. The van der Waals surface area contributed by atoms with Crippen LogP contribution in [0, 0.1) is 19.3 Å². The summed E-state index contributed by atoms with van der Waals surface area (Å²) in [7, 11) is 0. The Morgan fingerprint density at radius 3 is 2.27 bits per heavy atom. The molecule has 0 spiro atoms. The molecule has 7 nitrogen and oxygen atoms in total. The molecule has 1 unspecified atom stereocenters. The summed E-state index contributed by atoms with van der Waals surface area (Å²) in [6.45, 7) is 9.99. The van der Waals surface area contributed by atoms with Gasteiger partial charge in [-0.15, -0.1) is 0 Å². The van der Waals surface area contributed by atoms with Gasteiger partial charge in [0.25, 0.3) is 5.91 Å². The monoisotopic (exact) mass is 581 g/mol. The lowest BCUT2D eigenvalue weighted by Gasteiger charge is -2.24. The van der Waals surface area contributed by atoms with Crippen molar-refractivity contribution in [3.05, 3.63) is 82.9 Å². The highest BCUT2D eigenvalue weighted by Gasteiger charge is 2.28. The summed E-state index contributed by atoms with van der Waals surface area (Å²) in [5.41, 5.74) is 2.86. The highest BCUT2D eigenvalue weighted by molar-refractivity contribution is 7.80. The van der Waals surface area contributed by atoms with E-state index in [1.807, 2.05) is 39.8 Å². The van der Waals surface area contributed by atoms with E-state index in [9.17, 15) is 9.59 Å². The van der Waals surface area contributed by atoms with E-state index in [1.165, 1.54) is 0 Å². The topological polar surface area (TPSA) is 88.7 Å². The molecule has 0 aliphatic heterocycles. The molecule has 0 bridgehead atoms. The summed E-state index contributed by atoms with van der Waals surface area (Å²) < 4.78 is 11.6. The summed E-state index contributed by atoms with van der Waals surface area (Å²) in [5, 5.41) is 9.23. The smallest absolute Gasteiger partial charge is 0.265 e. The number of benzene rings is 3. The lowest BCUT2D eigenvalue weighted by molar-refractivity contribution is -0.128. The number of carbonyl (C=O) groups is 2. The van der Waals surface area contributed by atoms with Crippen LogP contribution < -0.4 is 25.4 Å². The number of rotatable bonds is 11. The second-order valence-electron chi connectivity index (χ2n) is 10.3. The van der Waals surface area contributed by atoms with Gasteiger partial charge in [-0.1, -0.05) is 49.7 Å². The zero-order chi connectivity index (χ0) is 29.3. The second-order valence-corrected chi connectivity index (χ2v) is 11.1. The molecule has 0 radical (unpaired) electrons. The van der Waals surface area contributed by atoms with Gasteiger partial charge in [-0.05, 0) is 99.4 Å². The molecule has 2 amide bonds. The van der Waals surface area contributed by atoms with E-state index in [1.54, 1.807) is 55.5 Å². The summed E-state index contributed by atoms with van der Waals surface area (Å²) in [5.74, 6) is 0.826. The molecular weight excluding hydrogens is 546 g/mol. The fraction of sp³-hybridized carbons (Fsp3) is 0.323. The van der Waals surface area contributed by atoms with Crippen LogP contribution >= 0.6 is 23.8 Å². The number of amides is 2. The van der Waals surface area contributed by atoms with E-state index in [2.05, 4.69) is 22.0 Å². The minimum absolute atomic E-state index is 0.173. The van der Waals surface area contributed by atoms with Gasteiger partial charge in [-0.2, -0.15) is 0 Å². The van der Waals surface area contributed by atoms with Crippen molar-refractivity contribution in [2.24, 2.45) is 5.41 Å². The van der Waals surface area contributed by atoms with Gasteiger partial charge >= 0.3 is 0 Å². The number of hydrogen-bond donors (Lipinski definition) is 3. The SMILES string of the molecule is Cc1ccc(C)c(OCCCC(C)(C)C(=O)NC(=S)Nc2ccc(NC(=O)C(C)Oc3ccccc3Cl)cc2)c1. The van der Waals surface area contributed by atoms with Gasteiger partial charge in [-0.25, -0.2) is 0 Å². The molecule has 40 heavy (non-hydrogen) atoms. The van der Waals surface area contributed by atoms with Gasteiger partial charge in [0.2, 0.25) is 5.91 Å². The largest absolute Gasteiger partial charge is 0.493 e. The highest BCUT2D eigenvalue weighted by atomic mass is 35.5. The van der Waals surface area contributed by atoms with Crippen LogP contribution in [0.25, 0.3) is 0 Å². The Kier molecular flexibility index (Phi) is 10.9. The molecule has 212 valence electrons. The first-order valence-electron chi connectivity index (χ1n) is 13.1. The predicted molar refractivity (Wildman–Crippen MR) is 165 cm³/mol. The van der Waals surface area contributed by atoms with Crippen molar-refractivity contribution in [2.75, 3.05) is 17.2 Å². The van der Waals surface area contributed by atoms with E-state index in [0.29, 0.717) is 35.2 Å². The minimum atomic E-state index is -0.748. The average molecular weight is 582 g/mol. The average Bonchev–Trinajstić information content (AvgIpc) is 2.90. The van der Waals surface area contributed by atoms with Crippen LogP contribution in [-0.4, -0.2) is 29.6 Å². The summed E-state index contributed by atoms with van der Waals surface area (Å²) >= 11 is 11.5. The van der Waals surface area contributed by atoms with Crippen molar-refractivity contribution in [3.8, 4) is 11.5 Å². The normalized spacial score (nSPS) is 11.8. The zero-order valence-corrected chi connectivity index (χ0v) is 25.0. The first-order valence-corrected chi connectivity index (χ1v) is 13.9. The molecule has 3 aromatic rings.